The highest BCUT2D eigenvalue weighted by Crippen LogP contribution is 2.35. The molecular formula is C16H11Cl2N3S. The number of imidazole rings is 1. The van der Waals surface area contributed by atoms with E-state index in [-0.39, 0.29) is 0 Å². The van der Waals surface area contributed by atoms with Crippen LogP contribution in [0.15, 0.2) is 30.6 Å². The van der Waals surface area contributed by atoms with Gasteiger partial charge in [0.25, 0.3) is 0 Å². The fraction of sp³-hybridized carbons (Fsp3) is 0.125. The van der Waals surface area contributed by atoms with Gasteiger partial charge >= 0.3 is 0 Å². The maximum atomic E-state index is 6.25. The molecule has 0 N–H and O–H groups in total. The second-order valence-electron chi connectivity index (χ2n) is 5.27. The van der Waals surface area contributed by atoms with Gasteiger partial charge in [-0.1, -0.05) is 34.5 Å². The van der Waals surface area contributed by atoms with Crippen LogP contribution in [0.4, 0.5) is 0 Å². The fourth-order valence-corrected chi connectivity index (χ4v) is 4.02. The van der Waals surface area contributed by atoms with Crippen LogP contribution < -0.4 is 0 Å². The third kappa shape index (κ3) is 2.10. The predicted octanol–water partition coefficient (Wildman–Crippen LogP) is 5.53. The summed E-state index contributed by atoms with van der Waals surface area (Å²) in [7, 11) is 0. The zero-order chi connectivity index (χ0) is 15.4. The van der Waals surface area contributed by atoms with E-state index >= 15 is 0 Å². The second-order valence-corrected chi connectivity index (χ2v) is 7.12. The van der Waals surface area contributed by atoms with E-state index in [9.17, 15) is 0 Å². The first-order valence-corrected chi connectivity index (χ1v) is 8.30. The van der Waals surface area contributed by atoms with E-state index in [1.54, 1.807) is 23.6 Å². The molecule has 0 amide bonds. The van der Waals surface area contributed by atoms with Crippen LogP contribution in [0.5, 0.6) is 0 Å². The van der Waals surface area contributed by atoms with Gasteiger partial charge in [-0.05, 0) is 43.2 Å². The molecule has 0 atom stereocenters. The van der Waals surface area contributed by atoms with Gasteiger partial charge in [-0.2, -0.15) is 0 Å². The lowest BCUT2D eigenvalue weighted by molar-refractivity contribution is 1.26. The van der Waals surface area contributed by atoms with Crippen LogP contribution in [0.25, 0.3) is 26.6 Å². The number of nitrogens with zero attached hydrogens (tertiary/aromatic N) is 3. The number of pyridine rings is 1. The summed E-state index contributed by atoms with van der Waals surface area (Å²) in [5.41, 5.74) is 5.35. The van der Waals surface area contributed by atoms with E-state index in [2.05, 4.69) is 35.4 Å². The van der Waals surface area contributed by atoms with Crippen molar-refractivity contribution in [3.63, 3.8) is 0 Å². The Morgan fingerprint density at radius 3 is 2.64 bits per heavy atom. The van der Waals surface area contributed by atoms with E-state index in [1.807, 2.05) is 6.20 Å². The summed E-state index contributed by atoms with van der Waals surface area (Å²) in [4.78, 5) is 10.9. The molecule has 6 heteroatoms. The summed E-state index contributed by atoms with van der Waals surface area (Å²) in [6.45, 7) is 4.21. The molecule has 22 heavy (non-hydrogen) atoms. The largest absolute Gasteiger partial charge is 0.290 e. The second kappa shape index (κ2) is 4.95. The molecule has 0 saturated carbocycles. The standard InChI is InChI=1S/C16H11Cl2N3S/c1-8-3-12-13(4-9(8)2)21-7-14(22-16(21)20-12)15-11(18)5-10(17)6-19-15/h3-7H,1-2H3. The average molecular weight is 348 g/mol. The zero-order valence-electron chi connectivity index (χ0n) is 11.9. The van der Waals surface area contributed by atoms with Crippen molar-refractivity contribution in [1.82, 2.24) is 14.4 Å². The molecule has 1 aromatic carbocycles. The van der Waals surface area contributed by atoms with Crippen molar-refractivity contribution in [3.8, 4) is 10.6 Å². The van der Waals surface area contributed by atoms with Gasteiger partial charge in [0.1, 0.15) is 5.69 Å². The molecule has 3 aromatic heterocycles. The molecule has 0 aliphatic rings. The third-order valence-electron chi connectivity index (χ3n) is 3.76. The first-order chi connectivity index (χ1) is 10.5. The van der Waals surface area contributed by atoms with Crippen LogP contribution in [0.1, 0.15) is 11.1 Å². The molecule has 3 heterocycles. The Morgan fingerprint density at radius 2 is 1.86 bits per heavy atom. The number of rotatable bonds is 1. The molecule has 4 aromatic rings. The first-order valence-electron chi connectivity index (χ1n) is 6.73. The highest BCUT2D eigenvalue weighted by Gasteiger charge is 2.14. The molecule has 110 valence electrons. The zero-order valence-corrected chi connectivity index (χ0v) is 14.2. The van der Waals surface area contributed by atoms with E-state index in [4.69, 9.17) is 28.2 Å². The Hall–Kier alpha value is -1.62. The number of benzene rings is 1. The fourth-order valence-electron chi connectivity index (χ4n) is 2.47. The number of hydrogen-bond donors (Lipinski definition) is 0. The van der Waals surface area contributed by atoms with Crippen molar-refractivity contribution in [2.75, 3.05) is 0 Å². The van der Waals surface area contributed by atoms with Crippen molar-refractivity contribution in [2.45, 2.75) is 13.8 Å². The van der Waals surface area contributed by atoms with Crippen LogP contribution >= 0.6 is 34.5 Å². The van der Waals surface area contributed by atoms with Crippen molar-refractivity contribution in [2.24, 2.45) is 0 Å². The van der Waals surface area contributed by atoms with Crippen LogP contribution in [0.2, 0.25) is 10.0 Å². The van der Waals surface area contributed by atoms with E-state index < -0.39 is 0 Å². The number of aromatic nitrogens is 3. The molecule has 0 spiro atoms. The van der Waals surface area contributed by atoms with Gasteiger partial charge in [0.05, 0.1) is 26.0 Å². The van der Waals surface area contributed by atoms with Crippen molar-refractivity contribution < 1.29 is 0 Å². The Kier molecular flexibility index (Phi) is 3.15. The summed E-state index contributed by atoms with van der Waals surface area (Å²) in [6, 6.07) is 6.00. The van der Waals surface area contributed by atoms with Gasteiger partial charge in [0.15, 0.2) is 4.96 Å². The summed E-state index contributed by atoms with van der Waals surface area (Å²) in [6.07, 6.45) is 3.64. The number of thiazole rings is 1. The lowest BCUT2D eigenvalue weighted by atomic mass is 10.1. The van der Waals surface area contributed by atoms with Gasteiger partial charge in [0.2, 0.25) is 0 Å². The monoisotopic (exact) mass is 347 g/mol. The number of halogens is 2. The molecule has 0 bridgehead atoms. The predicted molar refractivity (Wildman–Crippen MR) is 93.3 cm³/mol. The first kappa shape index (κ1) is 14.0. The van der Waals surface area contributed by atoms with Crippen molar-refractivity contribution in [3.05, 3.63) is 51.8 Å². The highest BCUT2D eigenvalue weighted by molar-refractivity contribution is 7.20. The molecule has 0 aliphatic heterocycles. The molecular weight excluding hydrogens is 337 g/mol. The molecule has 0 saturated heterocycles. The normalized spacial score (nSPS) is 11.6. The number of hydrogen-bond acceptors (Lipinski definition) is 3. The van der Waals surface area contributed by atoms with Crippen LogP contribution in [0.3, 0.4) is 0 Å². The van der Waals surface area contributed by atoms with Crippen LogP contribution in [-0.2, 0) is 0 Å². The SMILES string of the molecule is Cc1cc2nc3sc(-c4ncc(Cl)cc4Cl)cn3c2cc1C. The molecule has 4 rings (SSSR count). The maximum Gasteiger partial charge on any atom is 0.195 e. The van der Waals surface area contributed by atoms with Crippen LogP contribution in [-0.4, -0.2) is 14.4 Å². The Morgan fingerprint density at radius 1 is 1.09 bits per heavy atom. The Bertz CT molecular complexity index is 1030. The minimum atomic E-state index is 0.534. The summed E-state index contributed by atoms with van der Waals surface area (Å²) < 4.78 is 2.09. The summed E-state index contributed by atoms with van der Waals surface area (Å²) >= 11 is 13.7. The van der Waals surface area contributed by atoms with Gasteiger partial charge in [-0.25, -0.2) is 4.98 Å². The highest BCUT2D eigenvalue weighted by atomic mass is 35.5. The van der Waals surface area contributed by atoms with E-state index in [0.29, 0.717) is 10.0 Å². The van der Waals surface area contributed by atoms with Crippen LogP contribution in [0, 0.1) is 13.8 Å². The molecule has 3 nitrogen and oxygen atoms in total. The minimum absolute atomic E-state index is 0.534. The van der Waals surface area contributed by atoms with E-state index in [1.165, 1.54) is 11.1 Å². The Balaban J connectivity index is 1.96. The number of fused-ring (bicyclic) bond motifs is 3. The topological polar surface area (TPSA) is 30.2 Å². The summed E-state index contributed by atoms with van der Waals surface area (Å²) in [5.74, 6) is 0. The minimum Gasteiger partial charge on any atom is -0.290 e. The van der Waals surface area contributed by atoms with E-state index in [0.717, 1.165) is 26.6 Å². The Labute approximate surface area is 141 Å². The molecule has 0 fully saturated rings. The number of aryl methyl sites for hydroxylation is 2. The molecule has 0 aliphatic carbocycles. The summed E-state index contributed by atoms with van der Waals surface area (Å²) in [5, 5.41) is 1.08. The lowest BCUT2D eigenvalue weighted by Gasteiger charge is -2.01. The molecule has 0 unspecified atom stereocenters. The third-order valence-corrected chi connectivity index (χ3v) is 5.25. The van der Waals surface area contributed by atoms with Gasteiger partial charge < -0.3 is 0 Å². The van der Waals surface area contributed by atoms with Crippen molar-refractivity contribution >= 4 is 50.5 Å². The lowest BCUT2D eigenvalue weighted by Crippen LogP contribution is -1.84. The smallest absolute Gasteiger partial charge is 0.195 e. The maximum absolute atomic E-state index is 6.25. The average Bonchev–Trinajstić information content (AvgIpc) is 2.98. The van der Waals surface area contributed by atoms with Gasteiger partial charge in [-0.3, -0.25) is 9.38 Å². The molecule has 0 radical (unpaired) electrons. The quantitative estimate of drug-likeness (QED) is 0.452. The van der Waals surface area contributed by atoms with Gasteiger partial charge in [0, 0.05) is 12.4 Å². The van der Waals surface area contributed by atoms with Gasteiger partial charge in [-0.15, -0.1) is 0 Å². The van der Waals surface area contributed by atoms with Crippen molar-refractivity contribution in [1.29, 1.82) is 0 Å².